The Morgan fingerprint density at radius 2 is 1.97 bits per heavy atom. The highest BCUT2D eigenvalue weighted by Gasteiger charge is 2.32. The van der Waals surface area contributed by atoms with Gasteiger partial charge in [-0.05, 0) is 44.5 Å². The number of anilines is 1. The Balaban J connectivity index is 0.00000272. The lowest BCUT2D eigenvalue weighted by Crippen LogP contribution is -2.53. The Morgan fingerprint density at radius 1 is 1.16 bits per heavy atom. The van der Waals surface area contributed by atoms with Crippen LogP contribution in [0.5, 0.6) is 0 Å². The van der Waals surface area contributed by atoms with E-state index in [0.29, 0.717) is 6.54 Å². The first-order chi connectivity index (χ1) is 14.7. The zero-order chi connectivity index (χ0) is 20.8. The molecule has 8 nitrogen and oxygen atoms in total. The summed E-state index contributed by atoms with van der Waals surface area (Å²) in [6.07, 6.45) is 4.50. The van der Waals surface area contributed by atoms with Gasteiger partial charge >= 0.3 is 0 Å². The lowest BCUT2D eigenvalue weighted by Gasteiger charge is -2.37. The third kappa shape index (κ3) is 6.66. The maximum absolute atomic E-state index is 6.01. The normalized spacial score (nSPS) is 25.4. The molecular formula is C22H37IN6O2. The zero-order valence-electron chi connectivity index (χ0n) is 18.8. The van der Waals surface area contributed by atoms with Gasteiger partial charge < -0.3 is 29.5 Å². The van der Waals surface area contributed by atoms with Gasteiger partial charge in [0.1, 0.15) is 11.9 Å². The van der Waals surface area contributed by atoms with E-state index in [1.54, 1.807) is 0 Å². The molecular weight excluding hydrogens is 507 g/mol. The summed E-state index contributed by atoms with van der Waals surface area (Å²) >= 11 is 0. The summed E-state index contributed by atoms with van der Waals surface area (Å²) in [5.41, 5.74) is 1.19. The van der Waals surface area contributed by atoms with E-state index in [0.717, 1.165) is 83.6 Å². The van der Waals surface area contributed by atoms with Crippen LogP contribution in [0.3, 0.4) is 0 Å². The van der Waals surface area contributed by atoms with Crippen LogP contribution in [-0.4, -0.2) is 99.0 Å². The van der Waals surface area contributed by atoms with Gasteiger partial charge in [0.25, 0.3) is 0 Å². The molecule has 3 fully saturated rings. The number of aromatic nitrogens is 1. The summed E-state index contributed by atoms with van der Waals surface area (Å²) in [5.74, 6) is 2.02. The Kier molecular flexibility index (Phi) is 9.61. The molecule has 0 saturated carbocycles. The molecule has 1 aromatic rings. The van der Waals surface area contributed by atoms with Crippen LogP contribution in [0.4, 0.5) is 5.82 Å². The number of morpholine rings is 1. The van der Waals surface area contributed by atoms with E-state index in [1.807, 2.05) is 6.20 Å². The minimum Gasteiger partial charge on any atom is -0.375 e. The highest BCUT2D eigenvalue weighted by molar-refractivity contribution is 14.0. The van der Waals surface area contributed by atoms with Gasteiger partial charge in [0.2, 0.25) is 0 Å². The number of rotatable bonds is 5. The van der Waals surface area contributed by atoms with Crippen molar-refractivity contribution in [1.82, 2.24) is 20.1 Å². The number of guanidine groups is 1. The topological polar surface area (TPSA) is 65.5 Å². The van der Waals surface area contributed by atoms with Gasteiger partial charge in [-0.2, -0.15) is 0 Å². The van der Waals surface area contributed by atoms with Gasteiger partial charge in [-0.3, -0.25) is 0 Å². The summed E-state index contributed by atoms with van der Waals surface area (Å²) < 4.78 is 11.9. The van der Waals surface area contributed by atoms with Crippen LogP contribution < -0.4 is 10.2 Å². The number of hydrogen-bond donors (Lipinski definition) is 1. The number of ether oxygens (including phenoxy) is 2. The Morgan fingerprint density at radius 3 is 2.71 bits per heavy atom. The van der Waals surface area contributed by atoms with E-state index in [4.69, 9.17) is 14.5 Å². The van der Waals surface area contributed by atoms with Crippen molar-refractivity contribution in [2.24, 2.45) is 4.99 Å². The molecule has 4 rings (SSSR count). The lowest BCUT2D eigenvalue weighted by molar-refractivity contribution is -0.0817. The standard InChI is InChI=1S/C22H36N6O2.HI/c1-3-23-22(28-12-14-30-20(17-28)19-5-4-13-29-19)25-16-18-6-7-24-21(15-18)27-10-8-26(2)9-11-27;/h6-7,15,19-20H,3-5,8-14,16-17H2,1-2H3,(H,23,25);1H. The summed E-state index contributed by atoms with van der Waals surface area (Å²) in [4.78, 5) is 16.6. The van der Waals surface area contributed by atoms with Crippen LogP contribution in [0.1, 0.15) is 25.3 Å². The van der Waals surface area contributed by atoms with Gasteiger partial charge in [0.05, 0.1) is 19.3 Å². The minimum atomic E-state index is 0. The van der Waals surface area contributed by atoms with E-state index < -0.39 is 0 Å². The second-order valence-corrected chi connectivity index (χ2v) is 8.39. The van der Waals surface area contributed by atoms with Crippen molar-refractivity contribution in [2.45, 2.75) is 38.5 Å². The number of halogens is 1. The maximum atomic E-state index is 6.01. The fourth-order valence-corrected chi connectivity index (χ4v) is 4.35. The Labute approximate surface area is 203 Å². The maximum Gasteiger partial charge on any atom is 0.194 e. The summed E-state index contributed by atoms with van der Waals surface area (Å²) in [6.45, 7) is 11.1. The second kappa shape index (κ2) is 12.2. The van der Waals surface area contributed by atoms with Crippen molar-refractivity contribution in [3.8, 4) is 0 Å². The van der Waals surface area contributed by atoms with Gasteiger partial charge in [0, 0.05) is 58.6 Å². The van der Waals surface area contributed by atoms with E-state index in [2.05, 4.69) is 51.1 Å². The van der Waals surface area contributed by atoms with Crippen molar-refractivity contribution in [2.75, 3.05) is 71.0 Å². The number of hydrogen-bond acceptors (Lipinski definition) is 6. The van der Waals surface area contributed by atoms with Crippen molar-refractivity contribution in [1.29, 1.82) is 0 Å². The number of nitrogens with one attached hydrogen (secondary N) is 1. The quantitative estimate of drug-likeness (QED) is 0.345. The third-order valence-electron chi connectivity index (χ3n) is 6.16. The predicted octanol–water partition coefficient (Wildman–Crippen LogP) is 1.80. The van der Waals surface area contributed by atoms with Gasteiger partial charge in [-0.25, -0.2) is 9.98 Å². The van der Waals surface area contributed by atoms with Crippen LogP contribution in [0, 0.1) is 0 Å². The smallest absolute Gasteiger partial charge is 0.194 e. The van der Waals surface area contributed by atoms with E-state index in [-0.39, 0.29) is 36.2 Å². The first-order valence-corrected chi connectivity index (χ1v) is 11.4. The fourth-order valence-electron chi connectivity index (χ4n) is 4.35. The van der Waals surface area contributed by atoms with Crippen molar-refractivity contribution >= 4 is 35.8 Å². The predicted molar refractivity (Wildman–Crippen MR) is 134 cm³/mol. The van der Waals surface area contributed by atoms with Gasteiger partial charge in [-0.1, -0.05) is 0 Å². The first kappa shape index (κ1) is 24.5. The zero-order valence-corrected chi connectivity index (χ0v) is 21.2. The number of piperazine rings is 1. The first-order valence-electron chi connectivity index (χ1n) is 11.4. The molecule has 0 aromatic carbocycles. The monoisotopic (exact) mass is 544 g/mol. The molecule has 0 radical (unpaired) electrons. The number of pyridine rings is 1. The van der Waals surface area contributed by atoms with Crippen LogP contribution in [0.25, 0.3) is 0 Å². The molecule has 1 N–H and O–H groups in total. The summed E-state index contributed by atoms with van der Waals surface area (Å²) in [5, 5.41) is 3.46. The average Bonchev–Trinajstić information content (AvgIpc) is 3.32. The highest BCUT2D eigenvalue weighted by atomic mass is 127. The molecule has 2 unspecified atom stereocenters. The molecule has 0 spiro atoms. The molecule has 0 amide bonds. The molecule has 0 aliphatic carbocycles. The van der Waals surface area contributed by atoms with Gasteiger partial charge in [-0.15, -0.1) is 24.0 Å². The Hall–Kier alpha value is -1.17. The van der Waals surface area contributed by atoms with Crippen LogP contribution in [0.15, 0.2) is 23.3 Å². The molecule has 9 heteroatoms. The van der Waals surface area contributed by atoms with Crippen LogP contribution >= 0.6 is 24.0 Å². The summed E-state index contributed by atoms with van der Waals surface area (Å²) in [6, 6.07) is 4.26. The molecule has 0 bridgehead atoms. The molecule has 3 aliphatic rings. The van der Waals surface area contributed by atoms with Crippen LogP contribution in [-0.2, 0) is 16.0 Å². The largest absolute Gasteiger partial charge is 0.375 e. The number of aliphatic imine (C=N–C) groups is 1. The molecule has 3 aliphatic heterocycles. The van der Waals surface area contributed by atoms with Crippen molar-refractivity contribution in [3.63, 3.8) is 0 Å². The summed E-state index contributed by atoms with van der Waals surface area (Å²) in [7, 11) is 2.17. The molecule has 2 atom stereocenters. The van der Waals surface area contributed by atoms with E-state index in [1.165, 1.54) is 5.56 Å². The molecule has 174 valence electrons. The van der Waals surface area contributed by atoms with E-state index >= 15 is 0 Å². The molecule has 3 saturated heterocycles. The SMILES string of the molecule is CCNC(=NCc1ccnc(N2CCN(C)CC2)c1)N1CCOC(C2CCCO2)C1.I. The Bertz CT molecular complexity index is 707. The fraction of sp³-hybridized carbons (Fsp3) is 0.727. The van der Waals surface area contributed by atoms with E-state index in [9.17, 15) is 0 Å². The van der Waals surface area contributed by atoms with Gasteiger partial charge in [0.15, 0.2) is 5.96 Å². The molecule has 4 heterocycles. The molecule has 31 heavy (non-hydrogen) atoms. The van der Waals surface area contributed by atoms with Crippen molar-refractivity contribution in [3.05, 3.63) is 23.9 Å². The lowest BCUT2D eigenvalue weighted by atomic mass is 10.1. The van der Waals surface area contributed by atoms with Crippen molar-refractivity contribution < 1.29 is 9.47 Å². The minimum absolute atomic E-state index is 0. The average molecular weight is 544 g/mol. The third-order valence-corrected chi connectivity index (χ3v) is 6.16. The number of likely N-dealkylation sites (N-methyl/N-ethyl adjacent to an activating group) is 1. The molecule has 1 aromatic heterocycles. The number of nitrogens with zero attached hydrogens (tertiary/aromatic N) is 5. The second-order valence-electron chi connectivity index (χ2n) is 8.39. The highest BCUT2D eigenvalue weighted by Crippen LogP contribution is 2.21. The van der Waals surface area contributed by atoms with Crippen LogP contribution in [0.2, 0.25) is 0 Å².